The Labute approximate surface area is 232 Å². The molecule has 2 amide bonds. The van der Waals surface area contributed by atoms with E-state index in [2.05, 4.69) is 5.32 Å². The lowest BCUT2D eigenvalue weighted by atomic mass is 10.1. The second-order valence-corrected chi connectivity index (χ2v) is 9.61. The molecule has 2 aromatic heterocycles. The minimum atomic E-state index is -0.638. The molecular formula is C32H32N4O4. The molecule has 0 bridgehead atoms. The molecule has 0 fully saturated rings. The van der Waals surface area contributed by atoms with E-state index in [1.807, 2.05) is 88.4 Å². The molecule has 0 aliphatic heterocycles. The highest BCUT2D eigenvalue weighted by Crippen LogP contribution is 2.30. The first-order valence-corrected chi connectivity index (χ1v) is 13.3. The zero-order chi connectivity index (χ0) is 28.2. The second-order valence-electron chi connectivity index (χ2n) is 9.61. The molecule has 0 aliphatic carbocycles. The van der Waals surface area contributed by atoms with Crippen molar-refractivity contribution < 1.29 is 13.9 Å². The standard InChI is InChI=1S/C32H32N4O4/c1-5-39-28-18-9-8-17-27(28)36-30(33-26-16-7-6-15-25(26)31(36)37)23(4)35(20-24-14-11-19-40-24)32(38)34-29-21(2)12-10-13-22(29)3/h6-19,23H,5,20H2,1-4H3,(H,34,38). The number of amides is 2. The van der Waals surface area contributed by atoms with Gasteiger partial charge in [0.05, 0.1) is 42.0 Å². The maximum absolute atomic E-state index is 14.0. The fraction of sp³-hybridized carbons (Fsp3) is 0.219. The molecule has 40 heavy (non-hydrogen) atoms. The average Bonchev–Trinajstić information content (AvgIpc) is 3.47. The SMILES string of the molecule is CCOc1ccccc1-n1c(C(C)N(Cc2ccco2)C(=O)Nc2c(C)cccc2C)nc2ccccc2c1=O. The molecule has 1 atom stereocenters. The van der Waals surface area contributed by atoms with Gasteiger partial charge in [-0.15, -0.1) is 0 Å². The number of carbonyl (C=O) groups excluding carboxylic acids is 1. The number of ether oxygens (including phenoxy) is 1. The van der Waals surface area contributed by atoms with E-state index < -0.39 is 6.04 Å². The van der Waals surface area contributed by atoms with Crippen molar-refractivity contribution in [2.75, 3.05) is 11.9 Å². The van der Waals surface area contributed by atoms with Gasteiger partial charge in [-0.3, -0.25) is 9.36 Å². The van der Waals surface area contributed by atoms with Gasteiger partial charge in [0.25, 0.3) is 5.56 Å². The Balaban J connectivity index is 1.68. The van der Waals surface area contributed by atoms with Crippen molar-refractivity contribution >= 4 is 22.6 Å². The molecule has 2 heterocycles. The summed E-state index contributed by atoms with van der Waals surface area (Å²) in [4.78, 5) is 34.6. The molecule has 1 unspecified atom stereocenters. The van der Waals surface area contributed by atoms with Gasteiger partial charge in [0, 0.05) is 5.69 Å². The number of para-hydroxylation sites is 4. The van der Waals surface area contributed by atoms with Crippen LogP contribution in [0.3, 0.4) is 0 Å². The normalized spacial score (nSPS) is 11.8. The van der Waals surface area contributed by atoms with Crippen molar-refractivity contribution in [3.8, 4) is 11.4 Å². The van der Waals surface area contributed by atoms with Crippen LogP contribution in [0.1, 0.15) is 42.6 Å². The molecule has 8 nitrogen and oxygen atoms in total. The summed E-state index contributed by atoms with van der Waals surface area (Å²) in [5.41, 5.74) is 3.51. The zero-order valence-corrected chi connectivity index (χ0v) is 23.0. The van der Waals surface area contributed by atoms with Crippen molar-refractivity contribution in [2.45, 2.75) is 40.3 Å². The molecule has 0 saturated carbocycles. The van der Waals surface area contributed by atoms with Crippen LogP contribution in [-0.2, 0) is 6.54 Å². The molecule has 0 saturated heterocycles. The van der Waals surface area contributed by atoms with Gasteiger partial charge >= 0.3 is 6.03 Å². The molecule has 5 aromatic rings. The van der Waals surface area contributed by atoms with Crippen LogP contribution in [0, 0.1) is 13.8 Å². The number of anilines is 1. The van der Waals surface area contributed by atoms with Gasteiger partial charge in [-0.05, 0) is 75.2 Å². The van der Waals surface area contributed by atoms with E-state index in [4.69, 9.17) is 14.1 Å². The predicted molar refractivity (Wildman–Crippen MR) is 156 cm³/mol. The van der Waals surface area contributed by atoms with Crippen LogP contribution in [0.5, 0.6) is 5.75 Å². The number of furan rings is 1. The first-order valence-electron chi connectivity index (χ1n) is 13.3. The van der Waals surface area contributed by atoms with Gasteiger partial charge in [0.1, 0.15) is 17.3 Å². The third-order valence-corrected chi connectivity index (χ3v) is 6.93. The van der Waals surface area contributed by atoms with Crippen LogP contribution in [0.15, 0.2) is 94.3 Å². The van der Waals surface area contributed by atoms with Crippen LogP contribution in [-0.4, -0.2) is 27.1 Å². The Bertz CT molecular complexity index is 1690. The molecule has 0 radical (unpaired) electrons. The van der Waals surface area contributed by atoms with Crippen molar-refractivity contribution in [3.63, 3.8) is 0 Å². The van der Waals surface area contributed by atoms with Crippen molar-refractivity contribution in [1.29, 1.82) is 0 Å². The van der Waals surface area contributed by atoms with E-state index in [0.29, 0.717) is 40.5 Å². The number of aryl methyl sites for hydroxylation is 2. The first-order chi connectivity index (χ1) is 19.4. The number of carbonyl (C=O) groups is 1. The molecule has 3 aromatic carbocycles. The number of benzene rings is 3. The van der Waals surface area contributed by atoms with Crippen molar-refractivity contribution in [2.24, 2.45) is 0 Å². The number of hydrogen-bond donors (Lipinski definition) is 1. The topological polar surface area (TPSA) is 89.6 Å². The largest absolute Gasteiger partial charge is 0.492 e. The van der Waals surface area contributed by atoms with Crippen LogP contribution >= 0.6 is 0 Å². The Hall–Kier alpha value is -4.85. The number of hydrogen-bond acceptors (Lipinski definition) is 5. The predicted octanol–water partition coefficient (Wildman–Crippen LogP) is 6.79. The van der Waals surface area contributed by atoms with Crippen molar-refractivity contribution in [1.82, 2.24) is 14.5 Å². The monoisotopic (exact) mass is 536 g/mol. The third kappa shape index (κ3) is 5.20. The van der Waals surface area contributed by atoms with E-state index in [0.717, 1.165) is 16.8 Å². The number of nitrogens with one attached hydrogen (secondary N) is 1. The van der Waals surface area contributed by atoms with E-state index in [9.17, 15) is 9.59 Å². The summed E-state index contributed by atoms with van der Waals surface area (Å²) in [6, 6.07) is 23.1. The molecule has 1 N–H and O–H groups in total. The summed E-state index contributed by atoms with van der Waals surface area (Å²) in [5, 5.41) is 3.56. The van der Waals surface area contributed by atoms with Crippen molar-refractivity contribution in [3.05, 3.63) is 118 Å². The maximum atomic E-state index is 14.0. The lowest BCUT2D eigenvalue weighted by Crippen LogP contribution is -2.39. The molecule has 5 rings (SSSR count). The molecule has 0 aliphatic rings. The van der Waals surface area contributed by atoms with Gasteiger partial charge in [0.15, 0.2) is 0 Å². The summed E-state index contributed by atoms with van der Waals surface area (Å²) in [6.07, 6.45) is 1.57. The smallest absolute Gasteiger partial charge is 0.322 e. The minimum absolute atomic E-state index is 0.167. The van der Waals surface area contributed by atoms with Gasteiger partial charge in [-0.1, -0.05) is 42.5 Å². The van der Waals surface area contributed by atoms with E-state index in [-0.39, 0.29) is 18.1 Å². The second kappa shape index (κ2) is 11.5. The van der Waals surface area contributed by atoms with Crippen LogP contribution in [0.4, 0.5) is 10.5 Å². The van der Waals surface area contributed by atoms with Gasteiger partial charge < -0.3 is 19.4 Å². The number of rotatable bonds is 8. The third-order valence-electron chi connectivity index (χ3n) is 6.93. The molecular weight excluding hydrogens is 504 g/mol. The summed E-state index contributed by atoms with van der Waals surface area (Å²) in [6.45, 7) is 8.27. The number of aromatic nitrogens is 2. The van der Waals surface area contributed by atoms with E-state index >= 15 is 0 Å². The lowest BCUT2D eigenvalue weighted by Gasteiger charge is -2.30. The Morgan fingerprint density at radius 3 is 2.45 bits per heavy atom. The Morgan fingerprint density at radius 2 is 1.73 bits per heavy atom. The zero-order valence-electron chi connectivity index (χ0n) is 23.0. The molecule has 0 spiro atoms. The highest BCUT2D eigenvalue weighted by atomic mass is 16.5. The van der Waals surface area contributed by atoms with Gasteiger partial charge in [-0.25, -0.2) is 9.78 Å². The minimum Gasteiger partial charge on any atom is -0.492 e. The average molecular weight is 537 g/mol. The first kappa shape index (κ1) is 26.7. The summed E-state index contributed by atoms with van der Waals surface area (Å²) < 4.78 is 13.1. The lowest BCUT2D eigenvalue weighted by molar-refractivity contribution is 0.179. The number of nitrogens with zero attached hydrogens (tertiary/aromatic N) is 3. The highest BCUT2D eigenvalue weighted by molar-refractivity contribution is 5.91. The maximum Gasteiger partial charge on any atom is 0.322 e. The summed E-state index contributed by atoms with van der Waals surface area (Å²) >= 11 is 0. The van der Waals surface area contributed by atoms with Crippen LogP contribution in [0.25, 0.3) is 16.6 Å². The molecule has 204 valence electrons. The summed E-state index contributed by atoms with van der Waals surface area (Å²) in [7, 11) is 0. The van der Waals surface area contributed by atoms with Gasteiger partial charge in [-0.2, -0.15) is 0 Å². The van der Waals surface area contributed by atoms with Gasteiger partial charge in [0.2, 0.25) is 0 Å². The van der Waals surface area contributed by atoms with E-state index in [1.165, 1.54) is 0 Å². The Morgan fingerprint density at radius 1 is 1.00 bits per heavy atom. The van der Waals surface area contributed by atoms with Crippen LogP contribution < -0.4 is 15.6 Å². The highest BCUT2D eigenvalue weighted by Gasteiger charge is 2.29. The number of urea groups is 1. The number of fused-ring (bicyclic) bond motifs is 1. The quantitative estimate of drug-likeness (QED) is 0.236. The van der Waals surface area contributed by atoms with Crippen LogP contribution in [0.2, 0.25) is 0 Å². The Kier molecular flexibility index (Phi) is 7.68. The van der Waals surface area contributed by atoms with E-state index in [1.54, 1.807) is 33.9 Å². The molecule has 8 heteroatoms. The fourth-order valence-electron chi connectivity index (χ4n) is 4.87. The fourth-order valence-corrected chi connectivity index (χ4v) is 4.87. The summed E-state index contributed by atoms with van der Waals surface area (Å²) in [5.74, 6) is 1.56.